The minimum Gasteiger partial charge on any atom is -0.469 e. The molecule has 0 radical (unpaired) electrons. The third-order valence-electron chi connectivity index (χ3n) is 2.97. The van der Waals surface area contributed by atoms with Gasteiger partial charge in [0.2, 0.25) is 0 Å². The first kappa shape index (κ1) is 14.6. The van der Waals surface area contributed by atoms with E-state index < -0.39 is 5.41 Å². The number of esters is 1. The summed E-state index contributed by atoms with van der Waals surface area (Å²) in [6, 6.07) is 8.35. The van der Waals surface area contributed by atoms with Gasteiger partial charge in [-0.2, -0.15) is 0 Å². The molecule has 0 heterocycles. The number of carbonyl (C=O) groups is 1. The van der Waals surface area contributed by atoms with Crippen LogP contribution >= 0.6 is 0 Å². The number of benzene rings is 1. The normalized spacial score (nSPS) is 11.1. The van der Waals surface area contributed by atoms with E-state index in [0.29, 0.717) is 6.54 Å². The lowest BCUT2D eigenvalue weighted by molar-refractivity contribution is -0.149. The summed E-state index contributed by atoms with van der Waals surface area (Å²) in [5.41, 5.74) is 1.86. The lowest BCUT2D eigenvalue weighted by Crippen LogP contribution is -2.33. The van der Waals surface area contributed by atoms with Crippen molar-refractivity contribution in [2.45, 2.75) is 33.6 Å². The third-order valence-corrected chi connectivity index (χ3v) is 2.97. The second kappa shape index (κ2) is 6.43. The summed E-state index contributed by atoms with van der Waals surface area (Å²) >= 11 is 0. The Morgan fingerprint density at radius 2 is 1.89 bits per heavy atom. The Morgan fingerprint density at radius 1 is 1.28 bits per heavy atom. The number of nitrogens with one attached hydrogen (secondary N) is 1. The second-order valence-corrected chi connectivity index (χ2v) is 5.18. The summed E-state index contributed by atoms with van der Waals surface area (Å²) in [4.78, 5) is 11.5. The summed E-state index contributed by atoms with van der Waals surface area (Å²) in [6.45, 7) is 6.48. The minimum atomic E-state index is -0.517. The topological polar surface area (TPSA) is 38.3 Å². The Labute approximate surface area is 110 Å². The average Bonchev–Trinajstić information content (AvgIpc) is 2.37. The Morgan fingerprint density at radius 3 is 2.39 bits per heavy atom. The lowest BCUT2D eigenvalue weighted by Gasteiger charge is -2.22. The van der Waals surface area contributed by atoms with Crippen molar-refractivity contribution in [1.29, 1.82) is 0 Å². The van der Waals surface area contributed by atoms with Gasteiger partial charge in [-0.15, -0.1) is 0 Å². The van der Waals surface area contributed by atoms with Crippen LogP contribution in [-0.4, -0.2) is 19.6 Å². The molecule has 0 aliphatic heterocycles. The molecule has 3 heteroatoms. The van der Waals surface area contributed by atoms with Crippen LogP contribution in [-0.2, 0) is 16.0 Å². The molecule has 0 unspecified atom stereocenters. The van der Waals surface area contributed by atoms with Crippen molar-refractivity contribution in [3.63, 3.8) is 0 Å². The van der Waals surface area contributed by atoms with E-state index >= 15 is 0 Å². The number of anilines is 1. The van der Waals surface area contributed by atoms with Gasteiger partial charge < -0.3 is 10.1 Å². The molecule has 0 aliphatic rings. The van der Waals surface area contributed by atoms with Gasteiger partial charge in [0, 0.05) is 12.2 Å². The van der Waals surface area contributed by atoms with Crippen LogP contribution in [0.2, 0.25) is 0 Å². The van der Waals surface area contributed by atoms with Crippen LogP contribution in [0.5, 0.6) is 0 Å². The highest BCUT2D eigenvalue weighted by Gasteiger charge is 2.28. The molecule has 0 aliphatic carbocycles. The third kappa shape index (κ3) is 4.06. The van der Waals surface area contributed by atoms with Gasteiger partial charge in [-0.25, -0.2) is 0 Å². The van der Waals surface area contributed by atoms with E-state index in [9.17, 15) is 4.79 Å². The Hall–Kier alpha value is -1.51. The van der Waals surface area contributed by atoms with Gasteiger partial charge in [0.25, 0.3) is 0 Å². The average molecular weight is 249 g/mol. The van der Waals surface area contributed by atoms with Crippen molar-refractivity contribution in [3.05, 3.63) is 29.8 Å². The molecule has 0 saturated carbocycles. The summed E-state index contributed by atoms with van der Waals surface area (Å²) < 4.78 is 4.78. The first-order chi connectivity index (χ1) is 8.49. The number of ether oxygens (including phenoxy) is 1. The van der Waals surface area contributed by atoms with Crippen molar-refractivity contribution in [1.82, 2.24) is 0 Å². The molecule has 0 fully saturated rings. The number of carbonyl (C=O) groups excluding carboxylic acids is 1. The summed E-state index contributed by atoms with van der Waals surface area (Å²) in [5.74, 6) is -0.197. The highest BCUT2D eigenvalue weighted by Crippen LogP contribution is 2.19. The molecule has 0 aromatic heterocycles. The zero-order valence-electron chi connectivity index (χ0n) is 11.7. The van der Waals surface area contributed by atoms with E-state index in [-0.39, 0.29) is 5.97 Å². The van der Waals surface area contributed by atoms with Crippen LogP contribution in [0.15, 0.2) is 24.3 Å². The maximum Gasteiger partial charge on any atom is 0.313 e. The standard InChI is InChI=1S/C15H23NO2/c1-5-6-12-7-9-13(10-8-12)16-11-15(2,3)14(17)18-4/h7-10,16H,5-6,11H2,1-4H3. The second-order valence-electron chi connectivity index (χ2n) is 5.18. The largest absolute Gasteiger partial charge is 0.469 e. The van der Waals surface area contributed by atoms with Gasteiger partial charge >= 0.3 is 5.97 Å². The summed E-state index contributed by atoms with van der Waals surface area (Å²) in [7, 11) is 1.42. The van der Waals surface area contributed by atoms with Gasteiger partial charge in [-0.05, 0) is 38.0 Å². The number of methoxy groups -OCH3 is 1. The summed E-state index contributed by atoms with van der Waals surface area (Å²) in [5, 5.41) is 3.27. The first-order valence-electron chi connectivity index (χ1n) is 6.41. The number of hydrogen-bond donors (Lipinski definition) is 1. The van der Waals surface area contributed by atoms with Crippen LogP contribution in [0.4, 0.5) is 5.69 Å². The predicted octanol–water partition coefficient (Wildman–Crippen LogP) is 3.25. The Bertz CT molecular complexity index is 382. The van der Waals surface area contributed by atoms with Crippen molar-refractivity contribution >= 4 is 11.7 Å². The summed E-state index contributed by atoms with van der Waals surface area (Å²) in [6.07, 6.45) is 2.26. The van der Waals surface area contributed by atoms with Gasteiger partial charge in [0.15, 0.2) is 0 Å². The monoisotopic (exact) mass is 249 g/mol. The van der Waals surface area contributed by atoms with Crippen LogP contribution in [0.25, 0.3) is 0 Å². The maximum absolute atomic E-state index is 11.5. The number of aryl methyl sites for hydroxylation is 1. The van der Waals surface area contributed by atoms with E-state index in [0.717, 1.165) is 18.5 Å². The molecule has 0 saturated heterocycles. The maximum atomic E-state index is 11.5. The van der Waals surface area contributed by atoms with E-state index in [1.165, 1.54) is 12.7 Å². The van der Waals surface area contributed by atoms with Crippen molar-refractivity contribution in [2.75, 3.05) is 19.0 Å². The van der Waals surface area contributed by atoms with E-state index in [2.05, 4.69) is 36.5 Å². The van der Waals surface area contributed by atoms with Crippen LogP contribution < -0.4 is 5.32 Å². The van der Waals surface area contributed by atoms with Gasteiger partial charge in [-0.3, -0.25) is 4.79 Å². The van der Waals surface area contributed by atoms with E-state index in [4.69, 9.17) is 4.74 Å². The quantitative estimate of drug-likeness (QED) is 0.786. The number of hydrogen-bond acceptors (Lipinski definition) is 3. The van der Waals surface area contributed by atoms with Crippen LogP contribution in [0.1, 0.15) is 32.8 Å². The molecular weight excluding hydrogens is 226 g/mol. The Balaban J connectivity index is 2.55. The van der Waals surface area contributed by atoms with Gasteiger partial charge in [0.05, 0.1) is 12.5 Å². The highest BCUT2D eigenvalue weighted by molar-refractivity contribution is 5.76. The molecule has 3 nitrogen and oxygen atoms in total. The zero-order valence-corrected chi connectivity index (χ0v) is 11.7. The smallest absolute Gasteiger partial charge is 0.313 e. The van der Waals surface area contributed by atoms with Crippen LogP contribution in [0.3, 0.4) is 0 Å². The molecule has 100 valence electrons. The molecule has 1 rings (SSSR count). The molecular formula is C15H23NO2. The van der Waals surface area contributed by atoms with E-state index in [1.807, 2.05) is 13.8 Å². The minimum absolute atomic E-state index is 0.197. The fraction of sp³-hybridized carbons (Fsp3) is 0.533. The predicted molar refractivity (Wildman–Crippen MR) is 74.7 cm³/mol. The SMILES string of the molecule is CCCc1ccc(NCC(C)(C)C(=O)OC)cc1. The first-order valence-corrected chi connectivity index (χ1v) is 6.41. The van der Waals surface area contributed by atoms with Crippen molar-refractivity contribution in [2.24, 2.45) is 5.41 Å². The Kier molecular flexibility index (Phi) is 5.20. The van der Waals surface area contributed by atoms with Gasteiger partial charge in [-0.1, -0.05) is 25.5 Å². The molecule has 1 aromatic carbocycles. The van der Waals surface area contributed by atoms with Gasteiger partial charge in [0.1, 0.15) is 0 Å². The molecule has 1 aromatic rings. The van der Waals surface area contributed by atoms with E-state index in [1.54, 1.807) is 0 Å². The molecule has 0 amide bonds. The van der Waals surface area contributed by atoms with Crippen molar-refractivity contribution < 1.29 is 9.53 Å². The lowest BCUT2D eigenvalue weighted by atomic mass is 9.93. The molecule has 0 atom stereocenters. The molecule has 18 heavy (non-hydrogen) atoms. The fourth-order valence-corrected chi connectivity index (χ4v) is 1.75. The molecule has 1 N–H and O–H groups in total. The van der Waals surface area contributed by atoms with Crippen LogP contribution in [0, 0.1) is 5.41 Å². The molecule has 0 spiro atoms. The zero-order chi connectivity index (χ0) is 13.6. The molecule has 0 bridgehead atoms. The highest BCUT2D eigenvalue weighted by atomic mass is 16.5. The number of rotatable bonds is 6. The fourth-order valence-electron chi connectivity index (χ4n) is 1.75. The van der Waals surface area contributed by atoms with Crippen molar-refractivity contribution in [3.8, 4) is 0 Å².